The molecule has 9 heteroatoms. The van der Waals surface area contributed by atoms with Gasteiger partial charge in [-0.1, -0.05) is 29.3 Å². The number of ether oxygens (including phenoxy) is 1. The Morgan fingerprint density at radius 1 is 1.03 bits per heavy atom. The van der Waals surface area contributed by atoms with E-state index in [2.05, 4.69) is 5.32 Å². The van der Waals surface area contributed by atoms with Crippen LogP contribution in [-0.4, -0.2) is 28.6 Å². The molecule has 1 aliphatic heterocycles. The van der Waals surface area contributed by atoms with Crippen molar-refractivity contribution < 1.29 is 14.3 Å². The molecule has 0 spiro atoms. The third-order valence-electron chi connectivity index (χ3n) is 4.70. The summed E-state index contributed by atoms with van der Waals surface area (Å²) in [5.74, 6) is -0.465. The fourth-order valence-corrected chi connectivity index (χ4v) is 3.83. The van der Waals surface area contributed by atoms with E-state index >= 15 is 0 Å². The lowest BCUT2D eigenvalue weighted by Gasteiger charge is -2.29. The third-order valence-corrected chi connectivity index (χ3v) is 5.79. The van der Waals surface area contributed by atoms with Crippen molar-refractivity contribution >= 4 is 64.1 Å². The molecule has 3 aromatic rings. The summed E-state index contributed by atoms with van der Waals surface area (Å²) in [7, 11) is 1.59. The Labute approximate surface area is 193 Å². The number of nitrogens with zero attached hydrogens (tertiary/aromatic N) is 2. The first-order chi connectivity index (χ1) is 14.9. The second kappa shape index (κ2) is 8.55. The first-order valence-corrected chi connectivity index (χ1v) is 10.2. The van der Waals surface area contributed by atoms with Gasteiger partial charge >= 0.3 is 0 Å². The zero-order valence-corrected chi connectivity index (χ0v) is 18.5. The first-order valence-electron chi connectivity index (χ1n) is 9.08. The number of methoxy groups -OCH3 is 1. The van der Waals surface area contributed by atoms with Crippen LogP contribution in [0.25, 0.3) is 11.8 Å². The number of hydrogen-bond acceptors (Lipinski definition) is 4. The SMILES string of the molecule is COc1ccc(-n2cccc2/C=C2\C(=O)NC(=S)N(c3cccc(Cl)c3Cl)C2=O)cc1. The van der Waals surface area contributed by atoms with Gasteiger partial charge in [-0.25, -0.2) is 0 Å². The normalized spacial score (nSPS) is 15.4. The molecule has 2 amide bonds. The van der Waals surface area contributed by atoms with Gasteiger partial charge in [0.15, 0.2) is 5.11 Å². The minimum atomic E-state index is -0.597. The minimum Gasteiger partial charge on any atom is -0.497 e. The zero-order valence-electron chi connectivity index (χ0n) is 16.1. The van der Waals surface area contributed by atoms with E-state index in [4.69, 9.17) is 40.2 Å². The van der Waals surface area contributed by atoms with Crippen LogP contribution in [0.4, 0.5) is 5.69 Å². The van der Waals surface area contributed by atoms with E-state index in [1.807, 2.05) is 41.1 Å². The molecule has 2 heterocycles. The van der Waals surface area contributed by atoms with Gasteiger partial charge in [0, 0.05) is 17.6 Å². The van der Waals surface area contributed by atoms with Crippen LogP contribution < -0.4 is 15.0 Å². The highest BCUT2D eigenvalue weighted by Gasteiger charge is 2.35. The van der Waals surface area contributed by atoms with E-state index in [-0.39, 0.29) is 20.7 Å². The van der Waals surface area contributed by atoms with Gasteiger partial charge in [0.25, 0.3) is 11.8 Å². The molecule has 4 rings (SSSR count). The molecule has 1 aromatic heterocycles. The van der Waals surface area contributed by atoms with Crippen molar-refractivity contribution in [1.29, 1.82) is 0 Å². The molecule has 1 N–H and O–H groups in total. The van der Waals surface area contributed by atoms with Gasteiger partial charge < -0.3 is 9.30 Å². The fraction of sp³-hybridized carbons (Fsp3) is 0.0455. The number of anilines is 1. The molecule has 1 fully saturated rings. The van der Waals surface area contributed by atoms with E-state index < -0.39 is 11.8 Å². The molecule has 1 aliphatic rings. The van der Waals surface area contributed by atoms with E-state index in [1.54, 1.807) is 31.4 Å². The van der Waals surface area contributed by atoms with Gasteiger partial charge in [0.05, 0.1) is 22.8 Å². The van der Waals surface area contributed by atoms with Gasteiger partial charge in [-0.2, -0.15) is 0 Å². The molecule has 0 atom stereocenters. The number of carbonyl (C=O) groups is 2. The van der Waals surface area contributed by atoms with Crippen LogP contribution in [0, 0.1) is 0 Å². The van der Waals surface area contributed by atoms with E-state index in [0.717, 1.165) is 16.3 Å². The average Bonchev–Trinajstić information content (AvgIpc) is 3.22. The van der Waals surface area contributed by atoms with E-state index in [9.17, 15) is 9.59 Å². The van der Waals surface area contributed by atoms with Crippen molar-refractivity contribution in [3.63, 3.8) is 0 Å². The number of thiocarbonyl (C=S) groups is 1. The van der Waals surface area contributed by atoms with Crippen LogP contribution in [-0.2, 0) is 9.59 Å². The zero-order chi connectivity index (χ0) is 22.1. The maximum absolute atomic E-state index is 13.2. The van der Waals surface area contributed by atoms with Crippen molar-refractivity contribution in [2.24, 2.45) is 0 Å². The number of rotatable bonds is 4. The lowest BCUT2D eigenvalue weighted by molar-refractivity contribution is -0.122. The summed E-state index contributed by atoms with van der Waals surface area (Å²) < 4.78 is 7.04. The average molecular weight is 472 g/mol. The maximum atomic E-state index is 13.2. The topological polar surface area (TPSA) is 63.6 Å². The van der Waals surface area contributed by atoms with E-state index in [1.165, 1.54) is 6.08 Å². The van der Waals surface area contributed by atoms with Crippen molar-refractivity contribution in [1.82, 2.24) is 9.88 Å². The number of nitrogens with one attached hydrogen (secondary N) is 1. The molecule has 0 unspecified atom stereocenters. The summed E-state index contributed by atoms with van der Waals surface area (Å²) in [6, 6.07) is 15.9. The lowest BCUT2D eigenvalue weighted by atomic mass is 10.1. The maximum Gasteiger partial charge on any atom is 0.270 e. The Morgan fingerprint density at radius 3 is 2.48 bits per heavy atom. The Kier molecular flexibility index (Phi) is 5.82. The van der Waals surface area contributed by atoms with Crippen molar-refractivity contribution in [2.75, 3.05) is 12.0 Å². The van der Waals surface area contributed by atoms with Crippen LogP contribution in [0.15, 0.2) is 66.4 Å². The number of aromatic nitrogens is 1. The monoisotopic (exact) mass is 471 g/mol. The van der Waals surface area contributed by atoms with Gasteiger partial charge in [0.1, 0.15) is 11.3 Å². The van der Waals surface area contributed by atoms with Crippen LogP contribution >= 0.6 is 35.4 Å². The molecule has 31 heavy (non-hydrogen) atoms. The van der Waals surface area contributed by atoms with Crippen molar-refractivity contribution in [3.05, 3.63) is 82.1 Å². The number of halogens is 2. The van der Waals surface area contributed by atoms with Crippen LogP contribution in [0.1, 0.15) is 5.69 Å². The van der Waals surface area contributed by atoms with Crippen molar-refractivity contribution in [2.45, 2.75) is 0 Å². The highest BCUT2D eigenvalue weighted by Crippen LogP contribution is 2.34. The van der Waals surface area contributed by atoms with Crippen LogP contribution in [0.3, 0.4) is 0 Å². The van der Waals surface area contributed by atoms with Gasteiger partial charge in [0.2, 0.25) is 0 Å². The second-order valence-corrected chi connectivity index (χ2v) is 7.70. The molecule has 0 saturated carbocycles. The first kappa shape index (κ1) is 21.1. The van der Waals surface area contributed by atoms with E-state index in [0.29, 0.717) is 11.4 Å². The van der Waals surface area contributed by atoms with Gasteiger partial charge in [-0.15, -0.1) is 0 Å². The summed E-state index contributed by atoms with van der Waals surface area (Å²) in [6.45, 7) is 0. The third kappa shape index (κ3) is 3.95. The number of carbonyl (C=O) groups excluding carboxylic acids is 2. The lowest BCUT2D eigenvalue weighted by Crippen LogP contribution is -2.54. The molecule has 156 valence electrons. The highest BCUT2D eigenvalue weighted by atomic mass is 35.5. The quantitative estimate of drug-likeness (QED) is 0.342. The Balaban J connectivity index is 1.75. The second-order valence-electron chi connectivity index (χ2n) is 6.53. The smallest absolute Gasteiger partial charge is 0.270 e. The highest BCUT2D eigenvalue weighted by molar-refractivity contribution is 7.80. The van der Waals surface area contributed by atoms with Crippen LogP contribution in [0.2, 0.25) is 10.0 Å². The minimum absolute atomic E-state index is 0.0677. The summed E-state index contributed by atoms with van der Waals surface area (Å²) in [5.41, 5.74) is 1.68. The van der Waals surface area contributed by atoms with Crippen molar-refractivity contribution in [3.8, 4) is 11.4 Å². The number of hydrogen-bond donors (Lipinski definition) is 1. The molecular formula is C22H15Cl2N3O3S. The molecule has 0 aliphatic carbocycles. The Bertz CT molecular complexity index is 1240. The Morgan fingerprint density at radius 2 is 1.77 bits per heavy atom. The largest absolute Gasteiger partial charge is 0.497 e. The molecule has 0 bridgehead atoms. The van der Waals surface area contributed by atoms with Gasteiger partial charge in [-0.3, -0.25) is 19.8 Å². The predicted molar refractivity (Wildman–Crippen MR) is 125 cm³/mol. The molecule has 2 aromatic carbocycles. The van der Waals surface area contributed by atoms with Gasteiger partial charge in [-0.05, 0) is 66.8 Å². The standard InChI is InChI=1S/C22H15Cl2N3O3S/c1-30-15-9-7-13(8-10-15)26-11-3-4-14(26)12-16-20(28)25-22(31)27(21(16)29)18-6-2-5-17(23)19(18)24/h2-12H,1H3,(H,25,28,31)/b16-12+. The number of amides is 2. The summed E-state index contributed by atoms with van der Waals surface area (Å²) in [6.07, 6.45) is 3.34. The summed E-state index contributed by atoms with van der Waals surface area (Å²) in [4.78, 5) is 27.0. The molecular weight excluding hydrogens is 457 g/mol. The molecule has 1 saturated heterocycles. The van der Waals surface area contributed by atoms with Crippen LogP contribution in [0.5, 0.6) is 5.75 Å². The predicted octanol–water partition coefficient (Wildman–Crippen LogP) is 4.62. The Hall–Kier alpha value is -3.13. The molecule has 6 nitrogen and oxygen atoms in total. The summed E-state index contributed by atoms with van der Waals surface area (Å²) >= 11 is 17.6. The summed E-state index contributed by atoms with van der Waals surface area (Å²) in [5, 5.41) is 2.91. The number of benzene rings is 2. The molecule has 0 radical (unpaired) electrons. The fourth-order valence-electron chi connectivity index (χ4n) is 3.18.